The molecule has 27 heavy (non-hydrogen) atoms. The lowest BCUT2D eigenvalue weighted by atomic mass is 10.2. The number of carbonyl (C=O) groups is 2. The zero-order chi connectivity index (χ0) is 19.2. The number of carbonyl (C=O) groups excluding carboxylic acids is 2. The lowest BCUT2D eigenvalue weighted by Gasteiger charge is -2.22. The molecule has 0 atom stereocenters. The van der Waals surface area contributed by atoms with Crippen molar-refractivity contribution in [3.8, 4) is 11.5 Å². The van der Waals surface area contributed by atoms with Crippen LogP contribution in [0, 0.1) is 0 Å². The maximum Gasteiger partial charge on any atom is 0.249 e. The second-order valence-corrected chi connectivity index (χ2v) is 6.40. The summed E-state index contributed by atoms with van der Waals surface area (Å²) in [7, 11) is 0. The van der Waals surface area contributed by atoms with Crippen LogP contribution in [0.2, 0.25) is 0 Å². The van der Waals surface area contributed by atoms with E-state index in [4.69, 9.17) is 0 Å². The standard InChI is InChI=1S/C18H18N6O2S/c1-12(25)24(14-8-3-4-9-15(14)27-2)11-16(26)20-18-21-17(22-23-18)13-7-5-6-10-19-13/h3-10H,11H2,1-2H3,(H2,20,21,22,23,26). The van der Waals surface area contributed by atoms with Crippen LogP contribution in [0.25, 0.3) is 11.5 Å². The summed E-state index contributed by atoms with van der Waals surface area (Å²) >= 11 is 1.51. The fourth-order valence-electron chi connectivity index (χ4n) is 2.46. The van der Waals surface area contributed by atoms with E-state index in [1.807, 2.05) is 36.6 Å². The highest BCUT2D eigenvalue weighted by Crippen LogP contribution is 2.28. The van der Waals surface area contributed by atoms with Crippen LogP contribution in [0.4, 0.5) is 11.6 Å². The molecule has 8 nitrogen and oxygen atoms in total. The Bertz CT molecular complexity index is 944. The van der Waals surface area contributed by atoms with Gasteiger partial charge in [0.25, 0.3) is 0 Å². The summed E-state index contributed by atoms with van der Waals surface area (Å²) in [4.78, 5) is 35.2. The predicted octanol–water partition coefficient (Wildman–Crippen LogP) is 2.58. The smallest absolute Gasteiger partial charge is 0.249 e. The monoisotopic (exact) mass is 382 g/mol. The Hall–Kier alpha value is -3.20. The molecule has 0 saturated carbocycles. The molecule has 0 aliphatic heterocycles. The van der Waals surface area contributed by atoms with Gasteiger partial charge in [-0.15, -0.1) is 16.9 Å². The normalized spacial score (nSPS) is 10.4. The number of amides is 2. The van der Waals surface area contributed by atoms with Gasteiger partial charge < -0.3 is 4.90 Å². The van der Waals surface area contributed by atoms with Crippen molar-refractivity contribution < 1.29 is 9.59 Å². The number of pyridine rings is 1. The van der Waals surface area contributed by atoms with E-state index in [0.717, 1.165) is 4.90 Å². The number of benzene rings is 1. The Labute approximate surface area is 160 Å². The second kappa shape index (κ2) is 8.45. The molecule has 0 spiro atoms. The van der Waals surface area contributed by atoms with Gasteiger partial charge in [0.05, 0.1) is 5.69 Å². The van der Waals surface area contributed by atoms with Crippen molar-refractivity contribution >= 4 is 35.2 Å². The minimum atomic E-state index is -0.396. The van der Waals surface area contributed by atoms with Crippen LogP contribution in [0.1, 0.15) is 6.92 Å². The summed E-state index contributed by atoms with van der Waals surface area (Å²) < 4.78 is 0. The minimum absolute atomic E-state index is 0.127. The first-order chi connectivity index (χ1) is 13.1. The van der Waals surface area contributed by atoms with Gasteiger partial charge in [-0.25, -0.2) is 0 Å². The minimum Gasteiger partial charge on any atom is -0.302 e. The number of H-pyrrole nitrogens is 1. The van der Waals surface area contributed by atoms with E-state index >= 15 is 0 Å². The first-order valence-corrected chi connectivity index (χ1v) is 9.35. The first kappa shape index (κ1) is 18.6. The Morgan fingerprint density at radius 3 is 2.67 bits per heavy atom. The number of hydrogen-bond acceptors (Lipinski definition) is 6. The molecular formula is C18H18N6O2S. The number of aromatic nitrogens is 4. The molecule has 0 bridgehead atoms. The molecule has 2 aromatic heterocycles. The van der Waals surface area contributed by atoms with Gasteiger partial charge in [-0.05, 0) is 30.5 Å². The number of thioether (sulfide) groups is 1. The SMILES string of the molecule is CSc1ccccc1N(CC(=O)Nc1n[nH]c(-c2ccccn2)n1)C(C)=O. The van der Waals surface area contributed by atoms with Crippen molar-refractivity contribution in [2.75, 3.05) is 23.0 Å². The number of rotatable bonds is 6. The molecule has 0 radical (unpaired) electrons. The van der Waals surface area contributed by atoms with Crippen LogP contribution in [0.3, 0.4) is 0 Å². The van der Waals surface area contributed by atoms with E-state index in [9.17, 15) is 9.59 Å². The summed E-state index contributed by atoms with van der Waals surface area (Å²) in [5, 5.41) is 9.31. The van der Waals surface area contributed by atoms with Gasteiger partial charge in [0, 0.05) is 18.0 Å². The maximum atomic E-state index is 12.4. The van der Waals surface area contributed by atoms with E-state index in [0.29, 0.717) is 17.2 Å². The Kier molecular flexibility index (Phi) is 5.82. The molecular weight excluding hydrogens is 364 g/mol. The van der Waals surface area contributed by atoms with E-state index in [-0.39, 0.29) is 18.4 Å². The summed E-state index contributed by atoms with van der Waals surface area (Å²) in [5.74, 6) is -0.0483. The Balaban J connectivity index is 1.72. The van der Waals surface area contributed by atoms with Crippen LogP contribution < -0.4 is 10.2 Å². The van der Waals surface area contributed by atoms with Crippen LogP contribution >= 0.6 is 11.8 Å². The van der Waals surface area contributed by atoms with Crippen molar-refractivity contribution in [2.45, 2.75) is 11.8 Å². The van der Waals surface area contributed by atoms with Crippen molar-refractivity contribution in [1.29, 1.82) is 0 Å². The summed E-state index contributed by atoms with van der Waals surface area (Å²) in [6.07, 6.45) is 3.56. The molecule has 0 aliphatic rings. The molecule has 0 aliphatic carbocycles. The zero-order valence-corrected chi connectivity index (χ0v) is 15.7. The molecule has 9 heteroatoms. The van der Waals surface area contributed by atoms with Gasteiger partial charge in [0.1, 0.15) is 12.2 Å². The quantitative estimate of drug-likeness (QED) is 0.635. The van der Waals surface area contributed by atoms with Crippen LogP contribution in [-0.4, -0.2) is 44.8 Å². The van der Waals surface area contributed by atoms with Gasteiger partial charge in [0.15, 0.2) is 5.82 Å². The number of nitrogens with one attached hydrogen (secondary N) is 2. The third-order valence-electron chi connectivity index (χ3n) is 3.70. The number of nitrogens with zero attached hydrogens (tertiary/aromatic N) is 4. The number of para-hydroxylation sites is 1. The van der Waals surface area contributed by atoms with Crippen LogP contribution in [-0.2, 0) is 9.59 Å². The largest absolute Gasteiger partial charge is 0.302 e. The van der Waals surface area contributed by atoms with Crippen molar-refractivity contribution in [3.63, 3.8) is 0 Å². The third-order valence-corrected chi connectivity index (χ3v) is 4.49. The molecule has 3 rings (SSSR count). The van der Waals surface area contributed by atoms with E-state index in [1.54, 1.807) is 18.3 Å². The van der Waals surface area contributed by atoms with Gasteiger partial charge in [-0.3, -0.25) is 25.0 Å². The Morgan fingerprint density at radius 1 is 1.19 bits per heavy atom. The number of anilines is 2. The average Bonchev–Trinajstić information content (AvgIpc) is 3.15. The van der Waals surface area contributed by atoms with Crippen molar-refractivity contribution in [1.82, 2.24) is 20.2 Å². The molecule has 138 valence electrons. The van der Waals surface area contributed by atoms with Crippen LogP contribution in [0.5, 0.6) is 0 Å². The first-order valence-electron chi connectivity index (χ1n) is 8.13. The van der Waals surface area contributed by atoms with E-state index in [2.05, 4.69) is 25.5 Å². The second-order valence-electron chi connectivity index (χ2n) is 5.55. The highest BCUT2D eigenvalue weighted by molar-refractivity contribution is 7.98. The highest BCUT2D eigenvalue weighted by atomic mass is 32.2. The van der Waals surface area contributed by atoms with E-state index in [1.165, 1.54) is 23.6 Å². The number of aromatic amines is 1. The average molecular weight is 382 g/mol. The maximum absolute atomic E-state index is 12.4. The third kappa shape index (κ3) is 4.50. The predicted molar refractivity (Wildman–Crippen MR) is 104 cm³/mol. The highest BCUT2D eigenvalue weighted by Gasteiger charge is 2.19. The summed E-state index contributed by atoms with van der Waals surface area (Å²) in [6, 6.07) is 12.8. The molecule has 0 fully saturated rings. The molecule has 2 heterocycles. The molecule has 3 aromatic rings. The van der Waals surface area contributed by atoms with Crippen LogP contribution in [0.15, 0.2) is 53.6 Å². The zero-order valence-electron chi connectivity index (χ0n) is 14.8. The van der Waals surface area contributed by atoms with Gasteiger partial charge in [-0.2, -0.15) is 4.98 Å². The lowest BCUT2D eigenvalue weighted by Crippen LogP contribution is -2.37. The molecule has 1 aromatic carbocycles. The summed E-state index contributed by atoms with van der Waals surface area (Å²) in [5.41, 5.74) is 1.31. The molecule has 2 amide bonds. The molecule has 2 N–H and O–H groups in total. The van der Waals surface area contributed by atoms with Gasteiger partial charge in [0.2, 0.25) is 17.8 Å². The van der Waals surface area contributed by atoms with Gasteiger partial charge in [-0.1, -0.05) is 18.2 Å². The van der Waals surface area contributed by atoms with Crippen molar-refractivity contribution in [3.05, 3.63) is 48.7 Å². The summed E-state index contributed by atoms with van der Waals surface area (Å²) in [6.45, 7) is 1.29. The fourth-order valence-corrected chi connectivity index (χ4v) is 3.06. The lowest BCUT2D eigenvalue weighted by molar-refractivity contribution is -0.120. The number of hydrogen-bond donors (Lipinski definition) is 2. The fraction of sp³-hybridized carbons (Fsp3) is 0.167. The molecule has 0 unspecified atom stereocenters. The van der Waals surface area contributed by atoms with Gasteiger partial charge >= 0.3 is 0 Å². The molecule has 0 saturated heterocycles. The topological polar surface area (TPSA) is 104 Å². The Morgan fingerprint density at radius 2 is 1.96 bits per heavy atom. The van der Waals surface area contributed by atoms with Crippen molar-refractivity contribution in [2.24, 2.45) is 0 Å². The van der Waals surface area contributed by atoms with E-state index < -0.39 is 5.91 Å².